The van der Waals surface area contributed by atoms with E-state index >= 15 is 0 Å². The molecular formula is C17H22N2O6. The summed E-state index contributed by atoms with van der Waals surface area (Å²) < 4.78 is 10.6. The first-order chi connectivity index (χ1) is 12.0. The Balaban J connectivity index is 1.80. The normalized spacial score (nSPS) is 19.2. The molecule has 0 saturated carbocycles. The molecule has 1 fully saturated rings. The van der Waals surface area contributed by atoms with Crippen molar-refractivity contribution in [2.45, 2.75) is 38.5 Å². The van der Waals surface area contributed by atoms with E-state index in [1.54, 1.807) is 18.2 Å². The molecule has 8 nitrogen and oxygen atoms in total. The van der Waals surface area contributed by atoms with Crippen molar-refractivity contribution in [1.29, 1.82) is 0 Å². The summed E-state index contributed by atoms with van der Waals surface area (Å²) in [4.78, 5) is 34.3. The lowest BCUT2D eigenvalue weighted by Crippen LogP contribution is -2.35. The lowest BCUT2D eigenvalue weighted by atomic mass is 10.1. The second-order valence-corrected chi connectivity index (χ2v) is 5.64. The molecule has 136 valence electrons. The van der Waals surface area contributed by atoms with E-state index in [-0.39, 0.29) is 25.0 Å². The molecule has 3 N–H and O–H groups in total. The van der Waals surface area contributed by atoms with Gasteiger partial charge in [-0.25, -0.2) is 4.79 Å². The summed E-state index contributed by atoms with van der Waals surface area (Å²) >= 11 is 0. The molecule has 0 radical (unpaired) electrons. The first kappa shape index (κ1) is 18.7. The molecule has 0 bridgehead atoms. The molecule has 1 heterocycles. The molecule has 1 aromatic rings. The van der Waals surface area contributed by atoms with Gasteiger partial charge in [-0.3, -0.25) is 9.59 Å². The number of likely N-dealkylation sites (N-methyl/N-ethyl adjacent to an activating group) is 1. The third-order valence-corrected chi connectivity index (χ3v) is 3.70. The first-order valence-corrected chi connectivity index (χ1v) is 8.14. The lowest BCUT2D eigenvalue weighted by molar-refractivity contribution is -0.151. The Morgan fingerprint density at radius 1 is 1.24 bits per heavy atom. The first-order valence-electron chi connectivity index (χ1n) is 8.14. The van der Waals surface area contributed by atoms with Gasteiger partial charge in [0.15, 0.2) is 12.7 Å². The Bertz CT molecular complexity index is 633. The topological polar surface area (TPSA) is 114 Å². The van der Waals surface area contributed by atoms with Gasteiger partial charge in [-0.05, 0) is 37.5 Å². The van der Waals surface area contributed by atoms with Crippen LogP contribution >= 0.6 is 0 Å². The van der Waals surface area contributed by atoms with E-state index in [1.165, 1.54) is 0 Å². The van der Waals surface area contributed by atoms with Crippen LogP contribution in [0.15, 0.2) is 24.3 Å². The molecule has 0 unspecified atom stereocenters. The molecule has 0 aromatic heterocycles. The fourth-order valence-corrected chi connectivity index (χ4v) is 2.46. The fraction of sp³-hybridized carbons (Fsp3) is 0.471. The van der Waals surface area contributed by atoms with E-state index < -0.39 is 18.2 Å². The van der Waals surface area contributed by atoms with Crippen LogP contribution in [0.2, 0.25) is 0 Å². The molecule has 2 atom stereocenters. The van der Waals surface area contributed by atoms with Crippen LogP contribution in [0, 0.1) is 0 Å². The van der Waals surface area contributed by atoms with Gasteiger partial charge in [0.2, 0.25) is 5.91 Å². The van der Waals surface area contributed by atoms with Crippen LogP contribution in [-0.4, -0.2) is 48.2 Å². The monoisotopic (exact) mass is 350 g/mol. The molecule has 1 aliphatic rings. The number of aliphatic carboxylic acids is 1. The zero-order valence-electron chi connectivity index (χ0n) is 14.0. The zero-order chi connectivity index (χ0) is 18.2. The fourth-order valence-electron chi connectivity index (χ4n) is 2.46. The SMILES string of the molecule is CCNC(=O)COc1cccc(CNC(=O)[C@@H]2CC[C@H](C(=O)O)O2)c1. The van der Waals surface area contributed by atoms with Crippen molar-refractivity contribution >= 4 is 17.8 Å². The van der Waals surface area contributed by atoms with Crippen molar-refractivity contribution in [3.8, 4) is 5.75 Å². The van der Waals surface area contributed by atoms with Gasteiger partial charge in [0.05, 0.1) is 0 Å². The Morgan fingerprint density at radius 2 is 2.00 bits per heavy atom. The number of hydrogen-bond acceptors (Lipinski definition) is 5. The van der Waals surface area contributed by atoms with Crippen LogP contribution in [0.4, 0.5) is 0 Å². The maximum atomic E-state index is 12.0. The third kappa shape index (κ3) is 5.75. The smallest absolute Gasteiger partial charge is 0.332 e. The quantitative estimate of drug-likeness (QED) is 0.627. The largest absolute Gasteiger partial charge is 0.484 e. The van der Waals surface area contributed by atoms with E-state index in [0.29, 0.717) is 25.1 Å². The van der Waals surface area contributed by atoms with E-state index in [1.807, 2.05) is 13.0 Å². The minimum atomic E-state index is -1.05. The number of hydrogen-bond donors (Lipinski definition) is 3. The van der Waals surface area contributed by atoms with Gasteiger partial charge in [-0.15, -0.1) is 0 Å². The summed E-state index contributed by atoms with van der Waals surface area (Å²) in [7, 11) is 0. The van der Waals surface area contributed by atoms with Crippen molar-refractivity contribution in [2.75, 3.05) is 13.2 Å². The molecule has 8 heteroatoms. The molecule has 1 aromatic carbocycles. The predicted molar refractivity (Wildman–Crippen MR) is 88.0 cm³/mol. The standard InChI is InChI=1S/C17H22N2O6/c1-2-18-15(20)10-24-12-5-3-4-11(8-12)9-19-16(21)13-6-7-14(25-13)17(22)23/h3-5,8,13-14H,2,6-7,9-10H2,1H3,(H,18,20)(H,19,21)(H,22,23)/t13-,14+/m0/s1. The predicted octanol–water partition coefficient (Wildman–Crippen LogP) is 0.450. The van der Waals surface area contributed by atoms with Gasteiger partial charge in [0.1, 0.15) is 11.9 Å². The highest BCUT2D eigenvalue weighted by atomic mass is 16.5. The van der Waals surface area contributed by atoms with E-state index in [2.05, 4.69) is 10.6 Å². The van der Waals surface area contributed by atoms with Gasteiger partial charge in [0.25, 0.3) is 5.91 Å². The summed E-state index contributed by atoms with van der Waals surface area (Å²) in [6, 6.07) is 7.03. The number of ether oxygens (including phenoxy) is 2. The maximum absolute atomic E-state index is 12.0. The molecule has 1 aliphatic heterocycles. The minimum Gasteiger partial charge on any atom is -0.484 e. The van der Waals surface area contributed by atoms with Crippen molar-refractivity contribution in [3.63, 3.8) is 0 Å². The number of carboxylic acids is 1. The Kier molecular flexibility index (Phi) is 6.76. The van der Waals surface area contributed by atoms with Crippen LogP contribution in [0.3, 0.4) is 0 Å². The van der Waals surface area contributed by atoms with E-state index in [4.69, 9.17) is 14.6 Å². The summed E-state index contributed by atoms with van der Waals surface area (Å²) in [5, 5.41) is 14.2. The van der Waals surface area contributed by atoms with Crippen LogP contribution < -0.4 is 15.4 Å². The van der Waals surface area contributed by atoms with Crippen LogP contribution in [0.1, 0.15) is 25.3 Å². The number of nitrogens with one attached hydrogen (secondary N) is 2. The molecule has 0 spiro atoms. The Labute approximate surface area is 145 Å². The van der Waals surface area contributed by atoms with Crippen molar-refractivity contribution in [3.05, 3.63) is 29.8 Å². The van der Waals surface area contributed by atoms with Gasteiger partial charge in [0, 0.05) is 13.1 Å². The highest BCUT2D eigenvalue weighted by Gasteiger charge is 2.34. The number of rotatable bonds is 8. The second-order valence-electron chi connectivity index (χ2n) is 5.64. The zero-order valence-corrected chi connectivity index (χ0v) is 14.0. The van der Waals surface area contributed by atoms with E-state index in [0.717, 1.165) is 5.56 Å². The summed E-state index contributed by atoms with van der Waals surface area (Å²) in [5.74, 6) is -1.06. The lowest BCUT2D eigenvalue weighted by Gasteiger charge is -2.12. The summed E-state index contributed by atoms with van der Waals surface area (Å²) in [6.07, 6.45) is -0.935. The Morgan fingerprint density at radius 3 is 2.68 bits per heavy atom. The Hall–Kier alpha value is -2.61. The number of amides is 2. The maximum Gasteiger partial charge on any atom is 0.332 e. The number of carboxylic acid groups (broad SMARTS) is 1. The molecule has 0 aliphatic carbocycles. The highest BCUT2D eigenvalue weighted by molar-refractivity contribution is 5.82. The van der Waals surface area contributed by atoms with E-state index in [9.17, 15) is 14.4 Å². The number of carbonyl (C=O) groups excluding carboxylic acids is 2. The van der Waals surface area contributed by atoms with Gasteiger partial charge >= 0.3 is 5.97 Å². The summed E-state index contributed by atoms with van der Waals surface area (Å²) in [5.41, 5.74) is 0.800. The molecule has 2 amide bonds. The number of benzene rings is 1. The van der Waals surface area contributed by atoms with Crippen molar-refractivity contribution in [2.24, 2.45) is 0 Å². The third-order valence-electron chi connectivity index (χ3n) is 3.70. The highest BCUT2D eigenvalue weighted by Crippen LogP contribution is 2.20. The minimum absolute atomic E-state index is 0.0733. The van der Waals surface area contributed by atoms with Crippen LogP contribution in [0.25, 0.3) is 0 Å². The van der Waals surface area contributed by atoms with Crippen molar-refractivity contribution < 1.29 is 29.0 Å². The molecule has 25 heavy (non-hydrogen) atoms. The average molecular weight is 350 g/mol. The molecular weight excluding hydrogens is 328 g/mol. The average Bonchev–Trinajstić information content (AvgIpc) is 3.09. The molecule has 1 saturated heterocycles. The van der Waals surface area contributed by atoms with Crippen LogP contribution in [-0.2, 0) is 25.7 Å². The van der Waals surface area contributed by atoms with Crippen LogP contribution in [0.5, 0.6) is 5.75 Å². The number of carbonyl (C=O) groups is 3. The van der Waals surface area contributed by atoms with Gasteiger partial charge < -0.3 is 25.2 Å². The van der Waals surface area contributed by atoms with Crippen molar-refractivity contribution in [1.82, 2.24) is 10.6 Å². The summed E-state index contributed by atoms with van der Waals surface area (Å²) in [6.45, 7) is 2.55. The van der Waals surface area contributed by atoms with Gasteiger partial charge in [-0.2, -0.15) is 0 Å². The second kappa shape index (κ2) is 9.03. The molecule has 2 rings (SSSR count). The van der Waals surface area contributed by atoms with Gasteiger partial charge in [-0.1, -0.05) is 12.1 Å².